The lowest BCUT2D eigenvalue weighted by Gasteiger charge is -2.16. The first kappa shape index (κ1) is 14.8. The number of aromatic amines is 2. The molecule has 0 radical (unpaired) electrons. The first-order valence-electron chi connectivity index (χ1n) is 6.83. The molecule has 2 rings (SSSR count). The van der Waals surface area contributed by atoms with Gasteiger partial charge in [0.05, 0.1) is 6.10 Å². The van der Waals surface area contributed by atoms with Crippen molar-refractivity contribution >= 4 is 17.9 Å². The molecule has 0 aliphatic rings. The highest BCUT2D eigenvalue weighted by atomic mass is 32.1. The first-order chi connectivity index (χ1) is 9.56. The molecule has 0 spiro atoms. The summed E-state index contributed by atoms with van der Waals surface area (Å²) in [6, 6.07) is 8.20. The predicted molar refractivity (Wildman–Crippen MR) is 84.7 cm³/mol. The van der Waals surface area contributed by atoms with Crippen molar-refractivity contribution in [1.82, 2.24) is 9.97 Å². The maximum Gasteiger partial charge on any atom is 0.174 e. The number of aromatic nitrogens is 2. The Labute approximate surface area is 124 Å². The van der Waals surface area contributed by atoms with Gasteiger partial charge in [0, 0.05) is 30.5 Å². The molecule has 1 atom stereocenters. The van der Waals surface area contributed by atoms with E-state index in [2.05, 4.69) is 35.2 Å². The van der Waals surface area contributed by atoms with Crippen LogP contribution >= 0.6 is 12.2 Å². The number of nitrogens with one attached hydrogen (secondary N) is 3. The van der Waals surface area contributed by atoms with Crippen molar-refractivity contribution in [2.75, 3.05) is 11.9 Å². The van der Waals surface area contributed by atoms with E-state index < -0.39 is 6.10 Å². The number of H-pyrrole nitrogens is 2. The van der Waals surface area contributed by atoms with Gasteiger partial charge in [-0.25, -0.2) is 0 Å². The van der Waals surface area contributed by atoms with E-state index in [9.17, 15) is 5.11 Å². The minimum absolute atomic E-state index is 0.455. The van der Waals surface area contributed by atoms with Gasteiger partial charge in [0.15, 0.2) is 4.77 Å². The number of aliphatic hydroxyl groups is 1. The van der Waals surface area contributed by atoms with Gasteiger partial charge in [-0.3, -0.25) is 0 Å². The summed E-state index contributed by atoms with van der Waals surface area (Å²) in [6.45, 7) is 4.84. The van der Waals surface area contributed by atoms with Crippen LogP contribution in [0.2, 0.25) is 0 Å². The van der Waals surface area contributed by atoms with Crippen LogP contribution in [0.1, 0.15) is 31.0 Å². The minimum atomic E-state index is -0.461. The number of hydrogen-bond acceptors (Lipinski definition) is 3. The molecule has 4 N–H and O–H groups in total. The van der Waals surface area contributed by atoms with Gasteiger partial charge in [-0.05, 0) is 29.8 Å². The average Bonchev–Trinajstić information content (AvgIpc) is 2.82. The first-order valence-corrected chi connectivity index (χ1v) is 7.24. The maximum absolute atomic E-state index is 10.1. The van der Waals surface area contributed by atoms with Crippen molar-refractivity contribution in [3.63, 3.8) is 0 Å². The Kier molecular flexibility index (Phi) is 4.98. The topological polar surface area (TPSA) is 63.8 Å². The van der Waals surface area contributed by atoms with Gasteiger partial charge in [0.2, 0.25) is 0 Å². The summed E-state index contributed by atoms with van der Waals surface area (Å²) < 4.78 is 0.588. The number of para-hydroxylation sites is 1. The zero-order valence-electron chi connectivity index (χ0n) is 11.8. The van der Waals surface area contributed by atoms with Crippen LogP contribution in [-0.4, -0.2) is 27.7 Å². The number of imidazole rings is 1. The Morgan fingerprint density at radius 1 is 1.30 bits per heavy atom. The van der Waals surface area contributed by atoms with Gasteiger partial charge in [-0.1, -0.05) is 32.0 Å². The van der Waals surface area contributed by atoms with E-state index in [0.717, 1.165) is 11.4 Å². The molecule has 0 aliphatic heterocycles. The zero-order valence-corrected chi connectivity index (χ0v) is 12.6. The van der Waals surface area contributed by atoms with Crippen molar-refractivity contribution in [3.05, 3.63) is 46.5 Å². The lowest BCUT2D eigenvalue weighted by Crippen LogP contribution is -2.22. The Morgan fingerprint density at radius 3 is 2.70 bits per heavy atom. The van der Waals surface area contributed by atoms with Gasteiger partial charge >= 0.3 is 0 Å². The fourth-order valence-electron chi connectivity index (χ4n) is 2.20. The zero-order chi connectivity index (χ0) is 14.5. The number of hydrogen-bond donors (Lipinski definition) is 4. The summed E-state index contributed by atoms with van der Waals surface area (Å²) in [7, 11) is 0. The molecular weight excluding hydrogens is 270 g/mol. The van der Waals surface area contributed by atoms with Crippen LogP contribution in [0, 0.1) is 4.77 Å². The summed E-state index contributed by atoms with van der Waals surface area (Å²) in [4.78, 5) is 5.91. The van der Waals surface area contributed by atoms with Crippen molar-refractivity contribution in [1.29, 1.82) is 0 Å². The van der Waals surface area contributed by atoms with Crippen molar-refractivity contribution in [3.8, 4) is 0 Å². The molecule has 0 fully saturated rings. The molecule has 108 valence electrons. The van der Waals surface area contributed by atoms with Crippen molar-refractivity contribution < 1.29 is 5.11 Å². The monoisotopic (exact) mass is 291 g/mol. The summed E-state index contributed by atoms with van der Waals surface area (Å²) in [5, 5.41) is 13.4. The summed E-state index contributed by atoms with van der Waals surface area (Å²) >= 11 is 4.96. The van der Waals surface area contributed by atoms with Crippen molar-refractivity contribution in [2.24, 2.45) is 0 Å². The van der Waals surface area contributed by atoms with E-state index in [-0.39, 0.29) is 0 Å². The van der Waals surface area contributed by atoms with E-state index in [1.165, 1.54) is 5.56 Å². The van der Waals surface area contributed by atoms with Gasteiger partial charge in [-0.2, -0.15) is 0 Å². The number of rotatable bonds is 6. The minimum Gasteiger partial charge on any atom is -0.391 e. The van der Waals surface area contributed by atoms with Crippen LogP contribution < -0.4 is 5.32 Å². The average molecular weight is 291 g/mol. The predicted octanol–water partition coefficient (Wildman–Crippen LogP) is 3.21. The van der Waals surface area contributed by atoms with Gasteiger partial charge in [0.25, 0.3) is 0 Å². The normalized spacial score (nSPS) is 12.6. The van der Waals surface area contributed by atoms with Crippen LogP contribution in [0.25, 0.3) is 0 Å². The van der Waals surface area contributed by atoms with Crippen LogP contribution in [0.4, 0.5) is 5.69 Å². The van der Waals surface area contributed by atoms with E-state index in [1.807, 2.05) is 18.2 Å². The van der Waals surface area contributed by atoms with E-state index in [1.54, 1.807) is 6.20 Å². The third-order valence-electron chi connectivity index (χ3n) is 3.22. The van der Waals surface area contributed by atoms with E-state index in [4.69, 9.17) is 12.2 Å². The molecule has 0 aliphatic carbocycles. The van der Waals surface area contributed by atoms with Gasteiger partial charge in [-0.15, -0.1) is 0 Å². The molecule has 5 heteroatoms. The molecule has 1 unspecified atom stereocenters. The maximum atomic E-state index is 10.1. The highest BCUT2D eigenvalue weighted by Crippen LogP contribution is 2.23. The lowest BCUT2D eigenvalue weighted by molar-refractivity contribution is 0.187. The Morgan fingerprint density at radius 2 is 2.05 bits per heavy atom. The van der Waals surface area contributed by atoms with Gasteiger partial charge < -0.3 is 20.4 Å². The number of anilines is 1. The SMILES string of the molecule is CC(C)c1ccccc1NCC(O)Cc1c[nH]c(=S)[nH]1. The highest BCUT2D eigenvalue weighted by Gasteiger charge is 2.09. The summed E-state index contributed by atoms with van der Waals surface area (Å²) in [5.41, 5.74) is 3.27. The summed E-state index contributed by atoms with van der Waals surface area (Å²) in [6.07, 6.45) is 1.88. The molecular formula is C15H21N3OS. The molecule has 4 nitrogen and oxygen atoms in total. The van der Waals surface area contributed by atoms with Crippen molar-refractivity contribution in [2.45, 2.75) is 32.3 Å². The van der Waals surface area contributed by atoms with Crippen LogP contribution in [0.5, 0.6) is 0 Å². The largest absolute Gasteiger partial charge is 0.391 e. The van der Waals surface area contributed by atoms with Crippen LogP contribution in [0.3, 0.4) is 0 Å². The molecule has 0 amide bonds. The molecule has 20 heavy (non-hydrogen) atoms. The molecule has 2 aromatic rings. The quantitative estimate of drug-likeness (QED) is 0.618. The third kappa shape index (κ3) is 3.95. The molecule has 0 saturated carbocycles. The van der Waals surface area contributed by atoms with Crippen LogP contribution in [-0.2, 0) is 6.42 Å². The second-order valence-corrected chi connectivity index (χ2v) is 5.66. The second-order valence-electron chi connectivity index (χ2n) is 5.25. The van der Waals surface area contributed by atoms with E-state index >= 15 is 0 Å². The Bertz CT molecular complexity index is 603. The highest BCUT2D eigenvalue weighted by molar-refractivity contribution is 7.71. The number of aliphatic hydroxyl groups excluding tert-OH is 1. The van der Waals surface area contributed by atoms with Gasteiger partial charge in [0.1, 0.15) is 0 Å². The summed E-state index contributed by atoms with van der Waals surface area (Å²) in [5.74, 6) is 0.455. The fourth-order valence-corrected chi connectivity index (χ4v) is 2.39. The second kappa shape index (κ2) is 6.72. The third-order valence-corrected chi connectivity index (χ3v) is 3.44. The standard InChI is InChI=1S/C15H21N3OS/c1-10(2)13-5-3-4-6-14(13)16-9-12(19)7-11-8-17-15(20)18-11/h3-6,8,10,12,16,19H,7,9H2,1-2H3,(H2,17,18,20). The van der Waals surface area contributed by atoms with Crippen LogP contribution in [0.15, 0.2) is 30.5 Å². The Hall–Kier alpha value is -1.59. The number of benzene rings is 1. The molecule has 1 aromatic heterocycles. The lowest BCUT2D eigenvalue weighted by atomic mass is 10.0. The molecule has 0 bridgehead atoms. The van der Waals surface area contributed by atoms with E-state index in [0.29, 0.717) is 23.7 Å². The fraction of sp³-hybridized carbons (Fsp3) is 0.400. The smallest absolute Gasteiger partial charge is 0.174 e. The Balaban J connectivity index is 1.93. The molecule has 1 aromatic carbocycles. The molecule has 1 heterocycles. The molecule has 0 saturated heterocycles.